The second-order valence-corrected chi connectivity index (χ2v) is 7.24. The highest BCUT2D eigenvalue weighted by Crippen LogP contribution is 2.17. The molecule has 3 rings (SSSR count). The maximum atomic E-state index is 14.1. The van der Waals surface area contributed by atoms with Crippen LogP contribution in [0.3, 0.4) is 0 Å². The highest BCUT2D eigenvalue weighted by molar-refractivity contribution is 5.92. The third kappa shape index (κ3) is 4.42. The Kier molecular flexibility index (Phi) is 5.92. The number of halogens is 1. The number of amides is 1. The molecule has 1 aromatic heterocycles. The summed E-state index contributed by atoms with van der Waals surface area (Å²) in [6, 6.07) is 11.6. The molecule has 1 amide bonds. The van der Waals surface area contributed by atoms with Crippen molar-refractivity contribution in [3.8, 4) is 5.69 Å². The van der Waals surface area contributed by atoms with Crippen molar-refractivity contribution in [1.29, 1.82) is 0 Å². The lowest BCUT2D eigenvalue weighted by Gasteiger charge is -2.13. The fourth-order valence-corrected chi connectivity index (χ4v) is 3.56. The van der Waals surface area contributed by atoms with Crippen molar-refractivity contribution in [1.82, 2.24) is 15.1 Å². The average Bonchev–Trinajstić information content (AvgIpc) is 2.64. The van der Waals surface area contributed by atoms with Crippen molar-refractivity contribution in [3.63, 3.8) is 0 Å². The summed E-state index contributed by atoms with van der Waals surface area (Å²) >= 11 is 0. The number of aromatic nitrogens is 2. The van der Waals surface area contributed by atoms with Crippen LogP contribution in [0.1, 0.15) is 38.4 Å². The van der Waals surface area contributed by atoms with Gasteiger partial charge < -0.3 is 5.32 Å². The van der Waals surface area contributed by atoms with Crippen LogP contribution in [0.4, 0.5) is 4.39 Å². The average molecular weight is 393 g/mol. The van der Waals surface area contributed by atoms with E-state index in [1.807, 2.05) is 13.8 Å². The van der Waals surface area contributed by atoms with Gasteiger partial charge >= 0.3 is 0 Å². The van der Waals surface area contributed by atoms with Gasteiger partial charge in [0.25, 0.3) is 5.91 Å². The minimum atomic E-state index is -0.567. The van der Waals surface area contributed by atoms with E-state index in [9.17, 15) is 14.0 Å². The second kappa shape index (κ2) is 8.39. The summed E-state index contributed by atoms with van der Waals surface area (Å²) < 4.78 is 15.4. The van der Waals surface area contributed by atoms with Crippen molar-refractivity contribution >= 4 is 5.91 Å². The molecule has 1 N–H and O–H groups in total. The number of rotatable bonds is 5. The van der Waals surface area contributed by atoms with E-state index in [2.05, 4.69) is 29.5 Å². The molecule has 0 atom stereocenters. The molecule has 0 unspecified atom stereocenters. The maximum Gasteiger partial charge on any atom is 0.275 e. The Morgan fingerprint density at radius 3 is 2.38 bits per heavy atom. The SMILES string of the molecule is Cc1cc(C)c(CCNC(=O)c2nn(-c3ccccc3F)c(C)cc2=O)c(C)c1. The van der Waals surface area contributed by atoms with E-state index in [0.717, 1.165) is 0 Å². The fourth-order valence-electron chi connectivity index (χ4n) is 3.56. The number of para-hydroxylation sites is 1. The highest BCUT2D eigenvalue weighted by Gasteiger charge is 2.16. The molecule has 3 aromatic rings. The van der Waals surface area contributed by atoms with Gasteiger partial charge in [-0.1, -0.05) is 29.8 Å². The molecule has 0 fully saturated rings. The summed E-state index contributed by atoms with van der Waals surface area (Å²) in [5.74, 6) is -1.05. The number of carbonyl (C=O) groups excluding carboxylic acids is 1. The molecule has 6 heteroatoms. The molecule has 0 aliphatic carbocycles. The number of aryl methyl sites for hydroxylation is 4. The van der Waals surface area contributed by atoms with Gasteiger partial charge in [0.15, 0.2) is 5.69 Å². The summed E-state index contributed by atoms with van der Waals surface area (Å²) in [5, 5.41) is 6.89. The fraction of sp³-hybridized carbons (Fsp3) is 0.261. The van der Waals surface area contributed by atoms with Gasteiger partial charge in [-0.05, 0) is 62.9 Å². The normalized spacial score (nSPS) is 10.8. The number of benzene rings is 2. The van der Waals surface area contributed by atoms with Gasteiger partial charge in [0.05, 0.1) is 0 Å². The van der Waals surface area contributed by atoms with Crippen molar-refractivity contribution in [3.05, 3.63) is 92.1 Å². The molecule has 29 heavy (non-hydrogen) atoms. The van der Waals surface area contributed by atoms with Gasteiger partial charge in [0.2, 0.25) is 5.43 Å². The summed E-state index contributed by atoms with van der Waals surface area (Å²) in [7, 11) is 0. The van der Waals surface area contributed by atoms with E-state index in [4.69, 9.17) is 0 Å². The van der Waals surface area contributed by atoms with Crippen LogP contribution in [-0.2, 0) is 6.42 Å². The Balaban J connectivity index is 1.81. The standard InChI is InChI=1S/C23H24FN3O2/c1-14-11-15(2)18(16(3)12-14)9-10-25-23(29)22-21(28)13-17(4)27(26-22)20-8-6-5-7-19(20)24/h5-8,11-13H,9-10H2,1-4H3,(H,25,29). The lowest BCUT2D eigenvalue weighted by Crippen LogP contribution is -2.33. The van der Waals surface area contributed by atoms with Gasteiger partial charge in [-0.15, -0.1) is 0 Å². The lowest BCUT2D eigenvalue weighted by atomic mass is 9.97. The summed E-state index contributed by atoms with van der Waals surface area (Å²) in [4.78, 5) is 24.9. The van der Waals surface area contributed by atoms with Crippen LogP contribution in [0.15, 0.2) is 47.3 Å². The molecule has 0 spiro atoms. The molecule has 2 aromatic carbocycles. The van der Waals surface area contributed by atoms with Gasteiger partial charge in [-0.3, -0.25) is 9.59 Å². The van der Waals surface area contributed by atoms with Gasteiger partial charge in [-0.25, -0.2) is 9.07 Å². The van der Waals surface area contributed by atoms with Crippen LogP contribution < -0.4 is 10.7 Å². The zero-order valence-electron chi connectivity index (χ0n) is 17.0. The zero-order valence-corrected chi connectivity index (χ0v) is 17.0. The van der Waals surface area contributed by atoms with Gasteiger partial charge in [-0.2, -0.15) is 5.10 Å². The molecule has 0 bridgehead atoms. The summed E-state index contributed by atoms with van der Waals surface area (Å²) in [5.41, 5.74) is 4.61. The molecule has 5 nitrogen and oxygen atoms in total. The molecule has 0 saturated carbocycles. The number of carbonyl (C=O) groups is 1. The molecular formula is C23H24FN3O2. The van der Waals surface area contributed by atoms with Crippen LogP contribution in [-0.4, -0.2) is 22.2 Å². The largest absolute Gasteiger partial charge is 0.350 e. The first kappa shape index (κ1) is 20.5. The predicted octanol–water partition coefficient (Wildman–Crippen LogP) is 3.58. The Morgan fingerprint density at radius 2 is 1.72 bits per heavy atom. The van der Waals surface area contributed by atoms with Crippen LogP contribution in [0, 0.1) is 33.5 Å². The molecule has 0 saturated heterocycles. The molecular weight excluding hydrogens is 369 g/mol. The first-order chi connectivity index (χ1) is 13.8. The Morgan fingerprint density at radius 1 is 1.07 bits per heavy atom. The van der Waals surface area contributed by atoms with E-state index >= 15 is 0 Å². The Labute approximate surface area is 169 Å². The number of nitrogens with one attached hydrogen (secondary N) is 1. The third-order valence-corrected chi connectivity index (χ3v) is 4.90. The number of hydrogen-bond donors (Lipinski definition) is 1. The summed E-state index contributed by atoms with van der Waals surface area (Å²) in [6.07, 6.45) is 0.650. The number of nitrogens with zero attached hydrogens (tertiary/aromatic N) is 2. The van der Waals surface area contributed by atoms with Crippen molar-refractivity contribution < 1.29 is 9.18 Å². The van der Waals surface area contributed by atoms with Gasteiger partial charge in [0.1, 0.15) is 11.5 Å². The Bertz CT molecular complexity index is 1110. The van der Waals surface area contributed by atoms with E-state index < -0.39 is 17.2 Å². The van der Waals surface area contributed by atoms with E-state index in [1.54, 1.807) is 25.1 Å². The van der Waals surface area contributed by atoms with Crippen molar-refractivity contribution in [2.75, 3.05) is 6.54 Å². The highest BCUT2D eigenvalue weighted by atomic mass is 19.1. The van der Waals surface area contributed by atoms with Crippen LogP contribution >= 0.6 is 0 Å². The molecule has 1 heterocycles. The van der Waals surface area contributed by atoms with Crippen LogP contribution in [0.5, 0.6) is 0 Å². The second-order valence-electron chi connectivity index (χ2n) is 7.24. The van der Waals surface area contributed by atoms with E-state index in [1.165, 1.54) is 39.1 Å². The molecule has 150 valence electrons. The monoisotopic (exact) mass is 393 g/mol. The molecule has 0 radical (unpaired) electrons. The predicted molar refractivity (Wildman–Crippen MR) is 111 cm³/mol. The van der Waals surface area contributed by atoms with Crippen molar-refractivity contribution in [2.45, 2.75) is 34.1 Å². The first-order valence-corrected chi connectivity index (χ1v) is 9.48. The lowest BCUT2D eigenvalue weighted by molar-refractivity contribution is 0.0946. The van der Waals surface area contributed by atoms with Crippen molar-refractivity contribution in [2.24, 2.45) is 0 Å². The number of hydrogen-bond acceptors (Lipinski definition) is 3. The molecule has 0 aliphatic rings. The van der Waals surface area contributed by atoms with Crippen LogP contribution in [0.2, 0.25) is 0 Å². The van der Waals surface area contributed by atoms with Gasteiger partial charge in [0, 0.05) is 18.3 Å². The van der Waals surface area contributed by atoms with E-state index in [0.29, 0.717) is 18.7 Å². The minimum absolute atomic E-state index is 0.185. The Hall–Kier alpha value is -3.28. The smallest absolute Gasteiger partial charge is 0.275 e. The zero-order chi connectivity index (χ0) is 21.1. The van der Waals surface area contributed by atoms with Crippen LogP contribution in [0.25, 0.3) is 5.69 Å². The summed E-state index contributed by atoms with van der Waals surface area (Å²) in [6.45, 7) is 8.16. The topological polar surface area (TPSA) is 64.0 Å². The van der Waals surface area contributed by atoms with E-state index in [-0.39, 0.29) is 11.4 Å². The molecule has 0 aliphatic heterocycles. The first-order valence-electron chi connectivity index (χ1n) is 9.48. The maximum absolute atomic E-state index is 14.1. The minimum Gasteiger partial charge on any atom is -0.350 e. The third-order valence-electron chi connectivity index (χ3n) is 4.90. The quantitative estimate of drug-likeness (QED) is 0.721.